The first-order valence-electron chi connectivity index (χ1n) is 7.53. The molecule has 0 bridgehead atoms. The number of halogens is 2. The summed E-state index contributed by atoms with van der Waals surface area (Å²) in [4.78, 5) is 14.2. The first kappa shape index (κ1) is 16.5. The van der Waals surface area contributed by atoms with Crippen LogP contribution in [0.15, 0.2) is 30.6 Å². The van der Waals surface area contributed by atoms with Crippen LogP contribution in [0.25, 0.3) is 5.69 Å². The van der Waals surface area contributed by atoms with Crippen LogP contribution in [-0.2, 0) is 4.74 Å². The highest BCUT2D eigenvalue weighted by Gasteiger charge is 2.30. The van der Waals surface area contributed by atoms with Gasteiger partial charge < -0.3 is 14.7 Å². The molecule has 1 aliphatic rings. The molecule has 0 aliphatic carbocycles. The second-order valence-corrected chi connectivity index (χ2v) is 5.71. The van der Waals surface area contributed by atoms with Gasteiger partial charge in [-0.1, -0.05) is 0 Å². The highest BCUT2D eigenvalue weighted by Crippen LogP contribution is 2.18. The number of rotatable bonds is 3. The van der Waals surface area contributed by atoms with Crippen molar-refractivity contribution in [3.8, 4) is 5.69 Å². The van der Waals surface area contributed by atoms with Gasteiger partial charge in [0.05, 0.1) is 37.1 Å². The lowest BCUT2D eigenvalue weighted by Crippen LogP contribution is -2.51. The van der Waals surface area contributed by atoms with E-state index in [-0.39, 0.29) is 36.4 Å². The number of amides is 1. The number of aliphatic hydroxyl groups is 1. The standard InChI is InChI=1S/C16H17F2N3O3/c1-10-9-24-13(8-22)7-20(10)16(23)11-5-19-21(6-11)15-3-2-12(17)4-14(15)18/h2-6,10,13,22H,7-9H2,1H3. The van der Waals surface area contributed by atoms with Crippen molar-refractivity contribution in [3.63, 3.8) is 0 Å². The van der Waals surface area contributed by atoms with Crippen molar-refractivity contribution in [2.45, 2.75) is 19.1 Å². The highest BCUT2D eigenvalue weighted by atomic mass is 19.1. The number of ether oxygens (including phenoxy) is 1. The number of aromatic nitrogens is 2. The lowest BCUT2D eigenvalue weighted by Gasteiger charge is -2.37. The Hall–Kier alpha value is -2.32. The number of nitrogens with zero attached hydrogens (tertiary/aromatic N) is 3. The van der Waals surface area contributed by atoms with Gasteiger partial charge in [-0.25, -0.2) is 13.5 Å². The zero-order chi connectivity index (χ0) is 17.3. The molecule has 1 aromatic heterocycles. The fourth-order valence-corrected chi connectivity index (χ4v) is 2.61. The Kier molecular flexibility index (Phi) is 4.59. The van der Waals surface area contributed by atoms with Gasteiger partial charge in [0.2, 0.25) is 0 Å². The zero-order valence-corrected chi connectivity index (χ0v) is 13.0. The molecule has 1 amide bonds. The maximum Gasteiger partial charge on any atom is 0.257 e. The third-order valence-corrected chi connectivity index (χ3v) is 3.96. The van der Waals surface area contributed by atoms with Gasteiger partial charge in [0.25, 0.3) is 5.91 Å². The summed E-state index contributed by atoms with van der Waals surface area (Å²) in [5.74, 6) is -1.73. The van der Waals surface area contributed by atoms with E-state index in [4.69, 9.17) is 4.74 Å². The molecule has 0 spiro atoms. The van der Waals surface area contributed by atoms with Crippen molar-refractivity contribution >= 4 is 5.91 Å². The Morgan fingerprint density at radius 2 is 2.25 bits per heavy atom. The van der Waals surface area contributed by atoms with Crippen molar-refractivity contribution in [2.75, 3.05) is 19.8 Å². The minimum absolute atomic E-state index is 0.0544. The molecule has 1 fully saturated rings. The summed E-state index contributed by atoms with van der Waals surface area (Å²) in [5, 5.41) is 13.2. The molecule has 1 aromatic carbocycles. The Morgan fingerprint density at radius 1 is 1.46 bits per heavy atom. The normalized spacial score (nSPS) is 21.1. The molecule has 2 aromatic rings. The van der Waals surface area contributed by atoms with Crippen molar-refractivity contribution in [3.05, 3.63) is 47.8 Å². The van der Waals surface area contributed by atoms with Crippen LogP contribution in [0, 0.1) is 11.6 Å². The van der Waals surface area contributed by atoms with Gasteiger partial charge >= 0.3 is 0 Å². The zero-order valence-electron chi connectivity index (χ0n) is 13.0. The molecule has 3 rings (SSSR count). The van der Waals surface area contributed by atoms with Crippen LogP contribution in [0.4, 0.5) is 8.78 Å². The summed E-state index contributed by atoms with van der Waals surface area (Å²) in [6.07, 6.45) is 2.31. The van der Waals surface area contributed by atoms with Crippen LogP contribution in [-0.4, -0.2) is 57.6 Å². The minimum Gasteiger partial charge on any atom is -0.394 e. The van der Waals surface area contributed by atoms with Crippen LogP contribution < -0.4 is 0 Å². The number of hydrogen-bond acceptors (Lipinski definition) is 4. The molecular weight excluding hydrogens is 320 g/mol. The second-order valence-electron chi connectivity index (χ2n) is 5.71. The fraction of sp³-hybridized carbons (Fsp3) is 0.375. The van der Waals surface area contributed by atoms with Crippen LogP contribution in [0.2, 0.25) is 0 Å². The molecule has 2 unspecified atom stereocenters. The number of benzene rings is 1. The predicted molar refractivity (Wildman–Crippen MR) is 80.8 cm³/mol. The first-order chi connectivity index (χ1) is 11.5. The summed E-state index contributed by atoms with van der Waals surface area (Å²) < 4.78 is 33.4. The minimum atomic E-state index is -0.766. The predicted octanol–water partition coefficient (Wildman–Crippen LogP) is 1.37. The summed E-state index contributed by atoms with van der Waals surface area (Å²) in [7, 11) is 0. The molecule has 128 valence electrons. The Balaban J connectivity index is 1.83. The molecule has 8 heteroatoms. The SMILES string of the molecule is CC1COC(CO)CN1C(=O)c1cnn(-c2ccc(F)cc2F)c1. The molecule has 1 N–H and O–H groups in total. The highest BCUT2D eigenvalue weighted by molar-refractivity contribution is 5.94. The van der Waals surface area contributed by atoms with Gasteiger partial charge in [0, 0.05) is 18.8 Å². The average Bonchev–Trinajstić information content (AvgIpc) is 3.04. The van der Waals surface area contributed by atoms with Crippen LogP contribution >= 0.6 is 0 Å². The second kappa shape index (κ2) is 6.66. The van der Waals surface area contributed by atoms with E-state index in [0.717, 1.165) is 12.1 Å². The van der Waals surface area contributed by atoms with E-state index in [2.05, 4.69) is 5.10 Å². The van der Waals surface area contributed by atoms with E-state index in [0.29, 0.717) is 6.61 Å². The largest absolute Gasteiger partial charge is 0.394 e. The molecule has 0 saturated carbocycles. The van der Waals surface area contributed by atoms with Crippen LogP contribution in [0.3, 0.4) is 0 Å². The monoisotopic (exact) mass is 337 g/mol. The van der Waals surface area contributed by atoms with Gasteiger partial charge in [0.1, 0.15) is 11.5 Å². The van der Waals surface area contributed by atoms with Crippen LogP contribution in [0.1, 0.15) is 17.3 Å². The third kappa shape index (κ3) is 3.15. The molecule has 0 radical (unpaired) electrons. The number of carbonyl (C=O) groups excluding carboxylic acids is 1. The number of hydrogen-bond donors (Lipinski definition) is 1. The molecule has 6 nitrogen and oxygen atoms in total. The van der Waals surface area contributed by atoms with Crippen molar-refractivity contribution in [1.29, 1.82) is 0 Å². The Morgan fingerprint density at radius 3 is 2.96 bits per heavy atom. The van der Waals surface area contributed by atoms with Crippen LogP contribution in [0.5, 0.6) is 0 Å². The molecule has 2 atom stereocenters. The first-order valence-corrected chi connectivity index (χ1v) is 7.53. The maximum atomic E-state index is 13.8. The van der Waals surface area contributed by atoms with Gasteiger partial charge in [-0.05, 0) is 19.1 Å². The summed E-state index contributed by atoms with van der Waals surface area (Å²) in [6.45, 7) is 2.27. The number of carbonyl (C=O) groups is 1. The average molecular weight is 337 g/mol. The van der Waals surface area contributed by atoms with Gasteiger partial charge in [-0.15, -0.1) is 0 Å². The molecular formula is C16H17F2N3O3. The van der Waals surface area contributed by atoms with Gasteiger partial charge in [0.15, 0.2) is 5.82 Å². The van der Waals surface area contributed by atoms with Crippen molar-refractivity contribution < 1.29 is 23.4 Å². The van der Waals surface area contributed by atoms with Crippen molar-refractivity contribution in [1.82, 2.24) is 14.7 Å². The van der Waals surface area contributed by atoms with E-state index in [9.17, 15) is 18.7 Å². The molecule has 2 heterocycles. The summed E-state index contributed by atoms with van der Waals surface area (Å²) in [5.41, 5.74) is 0.336. The molecule has 1 saturated heterocycles. The fourth-order valence-electron chi connectivity index (χ4n) is 2.61. The smallest absolute Gasteiger partial charge is 0.257 e. The quantitative estimate of drug-likeness (QED) is 0.919. The van der Waals surface area contributed by atoms with E-state index in [1.54, 1.807) is 4.90 Å². The van der Waals surface area contributed by atoms with Crippen molar-refractivity contribution in [2.24, 2.45) is 0 Å². The third-order valence-electron chi connectivity index (χ3n) is 3.96. The lowest BCUT2D eigenvalue weighted by molar-refractivity contribution is -0.0667. The molecule has 1 aliphatic heterocycles. The van der Waals surface area contributed by atoms with E-state index >= 15 is 0 Å². The topological polar surface area (TPSA) is 67.6 Å². The summed E-state index contributed by atoms with van der Waals surface area (Å²) >= 11 is 0. The van der Waals surface area contributed by atoms with Gasteiger partial charge in [-0.3, -0.25) is 4.79 Å². The van der Waals surface area contributed by atoms with E-state index in [1.165, 1.54) is 23.1 Å². The van der Waals surface area contributed by atoms with E-state index in [1.807, 2.05) is 6.92 Å². The lowest BCUT2D eigenvalue weighted by atomic mass is 10.1. The molecule has 24 heavy (non-hydrogen) atoms. The number of morpholine rings is 1. The van der Waals surface area contributed by atoms with E-state index < -0.39 is 17.7 Å². The summed E-state index contributed by atoms with van der Waals surface area (Å²) in [6, 6.07) is 2.99. The number of aliphatic hydroxyl groups excluding tert-OH is 1. The van der Waals surface area contributed by atoms with Gasteiger partial charge in [-0.2, -0.15) is 5.10 Å². The maximum absolute atomic E-state index is 13.8. The Bertz CT molecular complexity index is 750. The Labute approximate surface area is 137 Å².